The maximum Gasteiger partial charge on any atom is 0.257 e. The van der Waals surface area contributed by atoms with Gasteiger partial charge in [-0.05, 0) is 36.4 Å². The van der Waals surface area contributed by atoms with Gasteiger partial charge in [0.25, 0.3) is 5.91 Å². The molecule has 146 valence electrons. The lowest BCUT2D eigenvalue weighted by molar-refractivity contribution is 0.102. The van der Waals surface area contributed by atoms with Crippen molar-refractivity contribution in [3.05, 3.63) is 42.0 Å². The fraction of sp³-hybridized carbons (Fsp3) is 0.211. The Hall–Kier alpha value is -3.33. The molecular formula is C19H19N3O5S. The maximum absolute atomic E-state index is 12.6. The van der Waals surface area contributed by atoms with Gasteiger partial charge in [-0.2, -0.15) is 0 Å². The fourth-order valence-corrected chi connectivity index (χ4v) is 3.25. The lowest BCUT2D eigenvalue weighted by atomic mass is 10.1. The smallest absolute Gasteiger partial charge is 0.257 e. The molecular weight excluding hydrogens is 382 g/mol. The molecule has 0 atom stereocenters. The molecule has 0 unspecified atom stereocenters. The summed E-state index contributed by atoms with van der Waals surface area (Å²) in [6, 6.07) is 10.6. The third-order valence-electron chi connectivity index (χ3n) is 3.91. The van der Waals surface area contributed by atoms with Crippen LogP contribution in [0, 0.1) is 0 Å². The number of ether oxygens (including phenoxy) is 4. The normalized spacial score (nSPS) is 10.3. The number of benzene rings is 2. The van der Waals surface area contributed by atoms with E-state index >= 15 is 0 Å². The van der Waals surface area contributed by atoms with Gasteiger partial charge in [0.1, 0.15) is 10.8 Å². The Balaban J connectivity index is 1.81. The molecule has 0 aliphatic carbocycles. The number of methoxy groups -OCH3 is 4. The SMILES string of the molecule is COc1ccc(-c2nnc(NC(=O)c3cc(OC)c(OC)c(OC)c3)s2)cc1. The van der Waals surface area contributed by atoms with Gasteiger partial charge in [0.05, 0.1) is 28.4 Å². The Morgan fingerprint density at radius 1 is 0.893 bits per heavy atom. The van der Waals surface area contributed by atoms with Crippen molar-refractivity contribution in [2.45, 2.75) is 0 Å². The summed E-state index contributed by atoms with van der Waals surface area (Å²) < 4.78 is 21.0. The first-order chi connectivity index (χ1) is 13.6. The van der Waals surface area contributed by atoms with Crippen LogP contribution in [0.1, 0.15) is 10.4 Å². The lowest BCUT2D eigenvalue weighted by Crippen LogP contribution is -2.12. The quantitative estimate of drug-likeness (QED) is 0.648. The van der Waals surface area contributed by atoms with Gasteiger partial charge in [-0.1, -0.05) is 11.3 Å². The third-order valence-corrected chi connectivity index (χ3v) is 4.80. The molecule has 3 rings (SSSR count). The topological polar surface area (TPSA) is 91.8 Å². The number of rotatable bonds is 7. The van der Waals surface area contributed by atoms with E-state index in [9.17, 15) is 4.79 Å². The van der Waals surface area contributed by atoms with Crippen LogP contribution in [0.2, 0.25) is 0 Å². The molecule has 0 aliphatic rings. The van der Waals surface area contributed by atoms with E-state index in [0.717, 1.165) is 11.3 Å². The van der Waals surface area contributed by atoms with Crippen molar-refractivity contribution < 1.29 is 23.7 Å². The zero-order chi connectivity index (χ0) is 20.1. The van der Waals surface area contributed by atoms with Crippen LogP contribution in [0.25, 0.3) is 10.6 Å². The molecule has 3 aromatic rings. The van der Waals surface area contributed by atoms with Crippen LogP contribution in [-0.4, -0.2) is 44.5 Å². The van der Waals surface area contributed by atoms with Crippen molar-refractivity contribution in [3.8, 4) is 33.6 Å². The van der Waals surface area contributed by atoms with Crippen molar-refractivity contribution in [3.63, 3.8) is 0 Å². The van der Waals surface area contributed by atoms with Crippen LogP contribution in [0.15, 0.2) is 36.4 Å². The summed E-state index contributed by atoms with van der Waals surface area (Å²) in [6.07, 6.45) is 0. The van der Waals surface area contributed by atoms with Gasteiger partial charge in [-0.3, -0.25) is 10.1 Å². The van der Waals surface area contributed by atoms with Gasteiger partial charge >= 0.3 is 0 Å². The number of carbonyl (C=O) groups is 1. The minimum absolute atomic E-state index is 0.343. The zero-order valence-corrected chi connectivity index (χ0v) is 16.6. The predicted molar refractivity (Wildman–Crippen MR) is 106 cm³/mol. The molecule has 0 radical (unpaired) electrons. The van der Waals surface area contributed by atoms with E-state index in [2.05, 4.69) is 15.5 Å². The van der Waals surface area contributed by atoms with E-state index in [0.29, 0.717) is 33.0 Å². The number of carbonyl (C=O) groups excluding carboxylic acids is 1. The summed E-state index contributed by atoms with van der Waals surface area (Å²) in [4.78, 5) is 12.6. The van der Waals surface area contributed by atoms with Gasteiger partial charge < -0.3 is 18.9 Å². The molecule has 2 aromatic carbocycles. The number of aromatic nitrogens is 2. The molecule has 9 heteroatoms. The molecule has 1 heterocycles. The van der Waals surface area contributed by atoms with Crippen LogP contribution in [-0.2, 0) is 0 Å². The first kappa shape index (κ1) is 19.4. The maximum atomic E-state index is 12.6. The van der Waals surface area contributed by atoms with Gasteiger partial charge in [0, 0.05) is 11.1 Å². The standard InChI is InChI=1S/C19H19N3O5S/c1-24-13-7-5-11(6-8-13)18-21-22-19(28-18)20-17(23)12-9-14(25-2)16(27-4)15(10-12)26-3/h5-10H,1-4H3,(H,20,22,23). The van der Waals surface area contributed by atoms with Crippen molar-refractivity contribution in [1.29, 1.82) is 0 Å². The number of anilines is 1. The number of nitrogens with one attached hydrogen (secondary N) is 1. The second kappa shape index (κ2) is 8.57. The van der Waals surface area contributed by atoms with Gasteiger partial charge in [-0.25, -0.2) is 0 Å². The average molecular weight is 401 g/mol. The number of nitrogens with zero attached hydrogens (tertiary/aromatic N) is 2. The minimum Gasteiger partial charge on any atom is -0.497 e. The van der Waals surface area contributed by atoms with Gasteiger partial charge in [-0.15, -0.1) is 10.2 Å². The second-order valence-corrected chi connectivity index (χ2v) is 6.49. The Kier molecular flexibility index (Phi) is 5.95. The first-order valence-electron chi connectivity index (χ1n) is 8.19. The van der Waals surface area contributed by atoms with E-state index in [1.807, 2.05) is 24.3 Å². The van der Waals surface area contributed by atoms with E-state index in [1.54, 1.807) is 19.2 Å². The summed E-state index contributed by atoms with van der Waals surface area (Å²) >= 11 is 1.27. The molecule has 8 nitrogen and oxygen atoms in total. The highest BCUT2D eigenvalue weighted by molar-refractivity contribution is 7.18. The Bertz CT molecular complexity index is 947. The van der Waals surface area contributed by atoms with Crippen molar-refractivity contribution in [2.75, 3.05) is 33.8 Å². The van der Waals surface area contributed by atoms with Crippen molar-refractivity contribution in [2.24, 2.45) is 0 Å². The van der Waals surface area contributed by atoms with Crippen LogP contribution in [0.5, 0.6) is 23.0 Å². The second-order valence-electron chi connectivity index (χ2n) is 5.51. The molecule has 0 saturated carbocycles. The molecule has 28 heavy (non-hydrogen) atoms. The summed E-state index contributed by atoms with van der Waals surface area (Å²) in [5.41, 5.74) is 1.22. The molecule has 0 saturated heterocycles. The van der Waals surface area contributed by atoms with Crippen LogP contribution < -0.4 is 24.3 Å². The fourth-order valence-electron chi connectivity index (χ4n) is 2.51. The summed E-state index contributed by atoms with van der Waals surface area (Å²) in [5, 5.41) is 12.0. The number of amides is 1. The Labute approximate surface area is 166 Å². The predicted octanol–water partition coefficient (Wildman–Crippen LogP) is 3.49. The largest absolute Gasteiger partial charge is 0.497 e. The van der Waals surface area contributed by atoms with Crippen LogP contribution >= 0.6 is 11.3 Å². The number of hydrogen-bond acceptors (Lipinski definition) is 8. The highest BCUT2D eigenvalue weighted by atomic mass is 32.1. The highest BCUT2D eigenvalue weighted by Gasteiger charge is 2.18. The number of hydrogen-bond donors (Lipinski definition) is 1. The molecule has 1 N–H and O–H groups in total. The minimum atomic E-state index is -0.364. The summed E-state index contributed by atoms with van der Waals surface area (Å²) in [7, 11) is 6.09. The van der Waals surface area contributed by atoms with Crippen LogP contribution in [0.3, 0.4) is 0 Å². The monoisotopic (exact) mass is 401 g/mol. The Morgan fingerprint density at radius 2 is 1.54 bits per heavy atom. The molecule has 1 amide bonds. The van der Waals surface area contributed by atoms with Gasteiger partial charge in [0.15, 0.2) is 11.5 Å². The molecule has 0 aliphatic heterocycles. The van der Waals surface area contributed by atoms with Gasteiger partial charge in [0.2, 0.25) is 10.9 Å². The van der Waals surface area contributed by atoms with E-state index in [1.165, 1.54) is 32.7 Å². The lowest BCUT2D eigenvalue weighted by Gasteiger charge is -2.13. The summed E-state index contributed by atoms with van der Waals surface area (Å²) in [5.74, 6) is 1.59. The van der Waals surface area contributed by atoms with E-state index < -0.39 is 0 Å². The van der Waals surface area contributed by atoms with Crippen molar-refractivity contribution >= 4 is 22.4 Å². The van der Waals surface area contributed by atoms with E-state index in [4.69, 9.17) is 18.9 Å². The average Bonchev–Trinajstić information content (AvgIpc) is 3.20. The molecule has 0 fully saturated rings. The Morgan fingerprint density at radius 3 is 2.07 bits per heavy atom. The van der Waals surface area contributed by atoms with Crippen LogP contribution in [0.4, 0.5) is 5.13 Å². The highest BCUT2D eigenvalue weighted by Crippen LogP contribution is 2.38. The molecule has 0 spiro atoms. The molecule has 1 aromatic heterocycles. The van der Waals surface area contributed by atoms with Crippen molar-refractivity contribution in [1.82, 2.24) is 10.2 Å². The summed E-state index contributed by atoms with van der Waals surface area (Å²) in [6.45, 7) is 0. The van der Waals surface area contributed by atoms with E-state index in [-0.39, 0.29) is 5.91 Å². The zero-order valence-electron chi connectivity index (χ0n) is 15.8. The first-order valence-corrected chi connectivity index (χ1v) is 9.00. The molecule has 0 bridgehead atoms. The third kappa shape index (κ3) is 3.99.